The summed E-state index contributed by atoms with van der Waals surface area (Å²) < 4.78 is 48.6. The molecule has 0 aromatic rings. The van der Waals surface area contributed by atoms with Gasteiger partial charge in [0.1, 0.15) is 5.92 Å². The van der Waals surface area contributed by atoms with E-state index < -0.39 is 24.2 Å². The van der Waals surface area contributed by atoms with Gasteiger partial charge in [-0.25, -0.2) is 17.6 Å². The number of hydrogen-bond donors (Lipinski definition) is 0. The fourth-order valence-corrected chi connectivity index (χ4v) is 1.06. The number of allylic oxidation sites excluding steroid dienone is 1. The average Bonchev–Trinajstić information content (AvgIpc) is 1.59. The van der Waals surface area contributed by atoms with Crippen molar-refractivity contribution in [2.75, 3.05) is 0 Å². The second-order valence-corrected chi connectivity index (χ2v) is 2.41. The zero-order chi connectivity index (χ0) is 7.99. The molecule has 0 bridgehead atoms. The van der Waals surface area contributed by atoms with Crippen LogP contribution in [-0.2, 0) is 0 Å². The molecular weight excluding hydrogens is 148 g/mol. The summed E-state index contributed by atoms with van der Waals surface area (Å²) in [7, 11) is 0. The van der Waals surface area contributed by atoms with Gasteiger partial charge in [-0.2, -0.15) is 0 Å². The van der Waals surface area contributed by atoms with Crippen LogP contribution in [-0.4, -0.2) is 11.8 Å². The maximum absolute atomic E-state index is 12.1. The lowest BCUT2D eigenvalue weighted by Crippen LogP contribution is -2.55. The third-order valence-electron chi connectivity index (χ3n) is 1.62. The Balaban J connectivity index is 2.73. The van der Waals surface area contributed by atoms with Crippen LogP contribution in [0.4, 0.5) is 17.6 Å². The molecule has 0 aromatic carbocycles. The Morgan fingerprint density at radius 1 is 1.20 bits per heavy atom. The molecule has 0 amide bonds. The molecule has 1 aliphatic carbocycles. The lowest BCUT2D eigenvalue weighted by atomic mass is 9.77. The molecule has 1 aliphatic rings. The zero-order valence-corrected chi connectivity index (χ0v) is 5.08. The van der Waals surface area contributed by atoms with Crippen molar-refractivity contribution in [3.63, 3.8) is 0 Å². The predicted octanol–water partition coefficient (Wildman–Crippen LogP) is 2.46. The SMILES string of the molecule is C=CC1C(F)(F)CC1(F)F. The van der Waals surface area contributed by atoms with Crippen molar-refractivity contribution in [3.05, 3.63) is 12.7 Å². The highest BCUT2D eigenvalue weighted by molar-refractivity contribution is 5.09. The van der Waals surface area contributed by atoms with Gasteiger partial charge in [0.05, 0.1) is 6.42 Å². The predicted molar refractivity (Wildman–Crippen MR) is 28.2 cm³/mol. The summed E-state index contributed by atoms with van der Waals surface area (Å²) in [5.41, 5.74) is 0. The van der Waals surface area contributed by atoms with Gasteiger partial charge in [0.15, 0.2) is 0 Å². The smallest absolute Gasteiger partial charge is 0.206 e. The first kappa shape index (κ1) is 7.57. The molecule has 10 heavy (non-hydrogen) atoms. The second kappa shape index (κ2) is 1.74. The number of alkyl halides is 4. The number of hydrogen-bond acceptors (Lipinski definition) is 0. The third-order valence-corrected chi connectivity index (χ3v) is 1.62. The van der Waals surface area contributed by atoms with Crippen LogP contribution < -0.4 is 0 Å². The van der Waals surface area contributed by atoms with Crippen molar-refractivity contribution in [2.24, 2.45) is 5.92 Å². The molecule has 58 valence electrons. The van der Waals surface area contributed by atoms with Gasteiger partial charge in [0.25, 0.3) is 11.8 Å². The van der Waals surface area contributed by atoms with Crippen LogP contribution in [0.3, 0.4) is 0 Å². The third kappa shape index (κ3) is 0.822. The Kier molecular flexibility index (Phi) is 1.31. The van der Waals surface area contributed by atoms with Gasteiger partial charge in [0, 0.05) is 0 Å². The van der Waals surface area contributed by atoms with Gasteiger partial charge in [-0.1, -0.05) is 6.08 Å². The molecule has 0 unspecified atom stereocenters. The first-order valence-electron chi connectivity index (χ1n) is 2.78. The molecule has 0 heterocycles. The monoisotopic (exact) mass is 154 g/mol. The van der Waals surface area contributed by atoms with E-state index in [2.05, 4.69) is 6.58 Å². The van der Waals surface area contributed by atoms with E-state index >= 15 is 0 Å². The van der Waals surface area contributed by atoms with Crippen LogP contribution >= 0.6 is 0 Å². The summed E-state index contributed by atoms with van der Waals surface area (Å²) in [6.07, 6.45) is -0.722. The van der Waals surface area contributed by atoms with Crippen molar-refractivity contribution in [3.8, 4) is 0 Å². The van der Waals surface area contributed by atoms with E-state index in [0.717, 1.165) is 0 Å². The van der Waals surface area contributed by atoms with Crippen LogP contribution in [0.1, 0.15) is 6.42 Å². The topological polar surface area (TPSA) is 0 Å². The molecule has 0 saturated heterocycles. The quantitative estimate of drug-likeness (QED) is 0.402. The van der Waals surface area contributed by atoms with E-state index in [4.69, 9.17) is 0 Å². The lowest BCUT2D eigenvalue weighted by molar-refractivity contribution is -0.266. The average molecular weight is 154 g/mol. The van der Waals surface area contributed by atoms with Crippen molar-refractivity contribution < 1.29 is 17.6 Å². The summed E-state index contributed by atoms with van der Waals surface area (Å²) in [4.78, 5) is 0. The number of rotatable bonds is 1. The molecule has 0 aliphatic heterocycles. The van der Waals surface area contributed by atoms with E-state index in [1.165, 1.54) is 0 Å². The minimum absolute atomic E-state index is 0.615. The standard InChI is InChI=1S/C6H6F4/c1-2-4-5(7,8)3-6(4,9)10/h2,4H,1,3H2. The Morgan fingerprint density at radius 3 is 1.70 bits per heavy atom. The molecule has 0 spiro atoms. The van der Waals surface area contributed by atoms with Crippen LogP contribution in [0, 0.1) is 5.92 Å². The van der Waals surface area contributed by atoms with E-state index in [1.807, 2.05) is 0 Å². The lowest BCUT2D eigenvalue weighted by Gasteiger charge is -2.41. The van der Waals surface area contributed by atoms with Crippen molar-refractivity contribution in [1.29, 1.82) is 0 Å². The van der Waals surface area contributed by atoms with Crippen molar-refractivity contribution in [2.45, 2.75) is 18.3 Å². The molecule has 1 rings (SSSR count). The fourth-order valence-electron chi connectivity index (χ4n) is 1.06. The molecule has 0 nitrogen and oxygen atoms in total. The highest BCUT2D eigenvalue weighted by Gasteiger charge is 2.66. The van der Waals surface area contributed by atoms with E-state index in [9.17, 15) is 17.6 Å². The van der Waals surface area contributed by atoms with E-state index in [1.54, 1.807) is 0 Å². The second-order valence-electron chi connectivity index (χ2n) is 2.41. The van der Waals surface area contributed by atoms with E-state index in [0.29, 0.717) is 6.08 Å². The highest BCUT2D eigenvalue weighted by atomic mass is 19.3. The van der Waals surface area contributed by atoms with Crippen LogP contribution in [0.5, 0.6) is 0 Å². The zero-order valence-electron chi connectivity index (χ0n) is 5.08. The van der Waals surface area contributed by atoms with Crippen LogP contribution in [0.2, 0.25) is 0 Å². The van der Waals surface area contributed by atoms with Crippen molar-refractivity contribution >= 4 is 0 Å². The fraction of sp³-hybridized carbons (Fsp3) is 0.667. The van der Waals surface area contributed by atoms with Gasteiger partial charge in [-0.05, 0) is 0 Å². The van der Waals surface area contributed by atoms with Gasteiger partial charge >= 0.3 is 0 Å². The Hall–Kier alpha value is -0.540. The maximum Gasteiger partial charge on any atom is 0.265 e. The minimum Gasteiger partial charge on any atom is -0.206 e. The highest BCUT2D eigenvalue weighted by Crippen LogP contribution is 2.54. The Bertz CT molecular complexity index is 147. The minimum atomic E-state index is -3.24. The Morgan fingerprint density at radius 2 is 1.60 bits per heavy atom. The van der Waals surface area contributed by atoms with Crippen LogP contribution in [0.25, 0.3) is 0 Å². The summed E-state index contributed by atoms with van der Waals surface area (Å²) >= 11 is 0. The first-order chi connectivity index (χ1) is 4.40. The van der Waals surface area contributed by atoms with Crippen molar-refractivity contribution in [1.82, 2.24) is 0 Å². The molecule has 4 heteroatoms. The molecule has 0 N–H and O–H groups in total. The molecule has 1 fully saturated rings. The van der Waals surface area contributed by atoms with Crippen LogP contribution in [0.15, 0.2) is 12.7 Å². The maximum atomic E-state index is 12.1. The molecular formula is C6H6F4. The summed E-state index contributed by atoms with van der Waals surface area (Å²) in [5.74, 6) is -8.45. The molecule has 0 aromatic heterocycles. The van der Waals surface area contributed by atoms with Gasteiger partial charge < -0.3 is 0 Å². The van der Waals surface area contributed by atoms with Gasteiger partial charge in [0.2, 0.25) is 0 Å². The molecule has 0 radical (unpaired) electrons. The van der Waals surface area contributed by atoms with Gasteiger partial charge in [-0.3, -0.25) is 0 Å². The summed E-state index contributed by atoms with van der Waals surface area (Å²) in [6.45, 7) is 2.91. The number of halogens is 4. The Labute approximate surface area is 55.5 Å². The first-order valence-corrected chi connectivity index (χ1v) is 2.78. The summed E-state index contributed by atoms with van der Waals surface area (Å²) in [6, 6.07) is 0. The molecule has 0 atom stereocenters. The largest absolute Gasteiger partial charge is 0.265 e. The molecule has 1 saturated carbocycles. The summed E-state index contributed by atoms with van der Waals surface area (Å²) in [5, 5.41) is 0. The van der Waals surface area contributed by atoms with Gasteiger partial charge in [-0.15, -0.1) is 6.58 Å². The van der Waals surface area contributed by atoms with E-state index in [-0.39, 0.29) is 0 Å². The normalized spacial score (nSPS) is 29.2.